The zero-order valence-corrected chi connectivity index (χ0v) is 17.1. The fourth-order valence-corrected chi connectivity index (χ4v) is 3.75. The topological polar surface area (TPSA) is 54.9 Å². The molecule has 0 saturated carbocycles. The molecule has 2 heterocycles. The van der Waals surface area contributed by atoms with Gasteiger partial charge in [-0.2, -0.15) is 13.2 Å². The zero-order valence-electron chi connectivity index (χ0n) is 17.1. The number of piperidine rings is 1. The number of ether oxygens (including phenoxy) is 2. The summed E-state index contributed by atoms with van der Waals surface area (Å²) in [5.74, 6) is 0.395. The number of halogens is 3. The van der Waals surface area contributed by atoms with Crippen LogP contribution in [0.2, 0.25) is 0 Å². The van der Waals surface area contributed by atoms with Crippen molar-refractivity contribution in [2.75, 3.05) is 39.3 Å². The Labute approximate surface area is 173 Å². The lowest BCUT2D eigenvalue weighted by atomic mass is 10.0. The number of alkyl halides is 3. The fourth-order valence-electron chi connectivity index (χ4n) is 3.75. The molecule has 162 valence electrons. The number of para-hydroxylation sites is 1. The smallest absolute Gasteiger partial charge is 0.419 e. The van der Waals surface area contributed by atoms with Gasteiger partial charge in [0.1, 0.15) is 5.82 Å². The van der Waals surface area contributed by atoms with Gasteiger partial charge in [0.25, 0.3) is 5.91 Å². The van der Waals surface area contributed by atoms with E-state index in [1.165, 1.54) is 31.4 Å². The summed E-state index contributed by atoms with van der Waals surface area (Å²) in [5.41, 5.74) is -0.431. The highest BCUT2D eigenvalue weighted by atomic mass is 19.4. The molecule has 0 bridgehead atoms. The van der Waals surface area contributed by atoms with Crippen LogP contribution in [0, 0.1) is 0 Å². The van der Waals surface area contributed by atoms with Crippen LogP contribution < -0.4 is 14.4 Å². The number of hydrogen-bond acceptors (Lipinski definition) is 5. The highest BCUT2D eigenvalue weighted by Gasteiger charge is 2.37. The summed E-state index contributed by atoms with van der Waals surface area (Å²) >= 11 is 0. The van der Waals surface area contributed by atoms with Gasteiger partial charge in [0.15, 0.2) is 11.5 Å². The van der Waals surface area contributed by atoms with E-state index in [0.717, 1.165) is 6.07 Å². The van der Waals surface area contributed by atoms with Crippen LogP contribution in [0.4, 0.5) is 19.0 Å². The average molecular weight is 423 g/mol. The SMILES string of the molecule is COc1cccc(C(=O)N2CCCC(N(C)c3ncccc3C(F)(F)F)C2)c1OC. The number of hydrogen-bond donors (Lipinski definition) is 0. The van der Waals surface area contributed by atoms with E-state index < -0.39 is 11.7 Å². The highest BCUT2D eigenvalue weighted by molar-refractivity contribution is 5.98. The van der Waals surface area contributed by atoms with E-state index in [-0.39, 0.29) is 24.3 Å². The van der Waals surface area contributed by atoms with Gasteiger partial charge >= 0.3 is 6.18 Å². The summed E-state index contributed by atoms with van der Waals surface area (Å²) in [6.07, 6.45) is -1.84. The second-order valence-electron chi connectivity index (χ2n) is 7.07. The Morgan fingerprint density at radius 1 is 1.20 bits per heavy atom. The summed E-state index contributed by atoms with van der Waals surface area (Å²) < 4.78 is 50.8. The van der Waals surface area contributed by atoms with E-state index in [1.54, 1.807) is 30.1 Å². The second-order valence-corrected chi connectivity index (χ2v) is 7.07. The van der Waals surface area contributed by atoms with Crippen molar-refractivity contribution in [1.82, 2.24) is 9.88 Å². The number of carbonyl (C=O) groups is 1. The monoisotopic (exact) mass is 423 g/mol. The molecule has 1 atom stereocenters. The summed E-state index contributed by atoms with van der Waals surface area (Å²) in [7, 11) is 4.53. The molecule has 1 amide bonds. The molecule has 30 heavy (non-hydrogen) atoms. The molecule has 1 aliphatic heterocycles. The Kier molecular flexibility index (Phi) is 6.38. The molecule has 1 fully saturated rings. The molecule has 3 rings (SSSR count). The molecule has 0 aliphatic carbocycles. The third-order valence-electron chi connectivity index (χ3n) is 5.29. The molecule has 6 nitrogen and oxygen atoms in total. The number of likely N-dealkylation sites (tertiary alicyclic amines) is 1. The van der Waals surface area contributed by atoms with Crippen LogP contribution in [0.25, 0.3) is 0 Å². The number of carbonyl (C=O) groups excluding carboxylic acids is 1. The van der Waals surface area contributed by atoms with Gasteiger partial charge in [0.05, 0.1) is 25.3 Å². The molecule has 1 aromatic carbocycles. The molecule has 1 aromatic heterocycles. The number of pyridine rings is 1. The number of anilines is 1. The molecular weight excluding hydrogens is 399 g/mol. The lowest BCUT2D eigenvalue weighted by Crippen LogP contribution is -2.49. The quantitative estimate of drug-likeness (QED) is 0.731. The first kappa shape index (κ1) is 21.7. The fraction of sp³-hybridized carbons (Fsp3) is 0.429. The average Bonchev–Trinajstić information content (AvgIpc) is 2.76. The number of amides is 1. The van der Waals surface area contributed by atoms with Crippen molar-refractivity contribution in [1.29, 1.82) is 0 Å². The molecular formula is C21H24F3N3O3. The maximum Gasteiger partial charge on any atom is 0.419 e. The van der Waals surface area contributed by atoms with Crippen molar-refractivity contribution in [2.45, 2.75) is 25.1 Å². The van der Waals surface area contributed by atoms with Crippen LogP contribution >= 0.6 is 0 Å². The van der Waals surface area contributed by atoms with Crippen LogP contribution in [-0.2, 0) is 6.18 Å². The van der Waals surface area contributed by atoms with Gasteiger partial charge in [0.2, 0.25) is 0 Å². The normalized spacial score (nSPS) is 16.9. The summed E-state index contributed by atoms with van der Waals surface area (Å²) in [5, 5.41) is 0. The lowest BCUT2D eigenvalue weighted by Gasteiger charge is -2.39. The molecule has 1 saturated heterocycles. The summed E-state index contributed by atoms with van der Waals surface area (Å²) in [6.45, 7) is 0.793. The first-order valence-corrected chi connectivity index (χ1v) is 9.53. The van der Waals surface area contributed by atoms with Crippen LogP contribution in [0.15, 0.2) is 36.5 Å². The Morgan fingerprint density at radius 2 is 1.97 bits per heavy atom. The van der Waals surface area contributed by atoms with Crippen molar-refractivity contribution < 1.29 is 27.4 Å². The van der Waals surface area contributed by atoms with Gasteiger partial charge in [0, 0.05) is 32.4 Å². The number of methoxy groups -OCH3 is 2. The predicted octanol–water partition coefficient (Wildman–Crippen LogP) is 3.86. The molecule has 1 unspecified atom stereocenters. The van der Waals surface area contributed by atoms with Crippen molar-refractivity contribution in [3.63, 3.8) is 0 Å². The molecule has 0 N–H and O–H groups in total. The highest BCUT2D eigenvalue weighted by Crippen LogP contribution is 2.36. The van der Waals surface area contributed by atoms with Crippen LogP contribution in [0.5, 0.6) is 11.5 Å². The zero-order chi connectivity index (χ0) is 21.9. The van der Waals surface area contributed by atoms with E-state index in [0.29, 0.717) is 36.4 Å². The molecule has 2 aromatic rings. The van der Waals surface area contributed by atoms with Crippen molar-refractivity contribution in [3.05, 3.63) is 47.7 Å². The maximum atomic E-state index is 13.4. The van der Waals surface area contributed by atoms with Gasteiger partial charge < -0.3 is 19.3 Å². The predicted molar refractivity (Wildman–Crippen MR) is 106 cm³/mol. The van der Waals surface area contributed by atoms with Crippen molar-refractivity contribution in [2.24, 2.45) is 0 Å². The Morgan fingerprint density at radius 3 is 2.63 bits per heavy atom. The third kappa shape index (κ3) is 4.29. The Balaban J connectivity index is 1.84. The summed E-state index contributed by atoms with van der Waals surface area (Å²) in [4.78, 5) is 20.3. The number of likely N-dealkylation sites (N-methyl/N-ethyl adjacent to an activating group) is 1. The number of rotatable bonds is 5. The third-order valence-corrected chi connectivity index (χ3v) is 5.29. The summed E-state index contributed by atoms with van der Waals surface area (Å²) in [6, 6.07) is 7.04. The van der Waals surface area contributed by atoms with E-state index in [2.05, 4.69) is 4.98 Å². The minimum atomic E-state index is -4.50. The second kappa shape index (κ2) is 8.81. The molecule has 1 aliphatic rings. The van der Waals surface area contributed by atoms with E-state index >= 15 is 0 Å². The maximum absolute atomic E-state index is 13.4. The van der Waals surface area contributed by atoms with Crippen LogP contribution in [0.1, 0.15) is 28.8 Å². The van der Waals surface area contributed by atoms with Gasteiger partial charge in [-0.3, -0.25) is 4.79 Å². The van der Waals surface area contributed by atoms with Gasteiger partial charge in [-0.05, 0) is 37.1 Å². The van der Waals surface area contributed by atoms with E-state index in [4.69, 9.17) is 9.47 Å². The standard InChI is InChI=1S/C21H24F3N3O3/c1-26(19-16(21(22,23)24)9-5-11-25-19)14-7-6-12-27(13-14)20(28)15-8-4-10-17(29-2)18(15)30-3/h4-5,8-11,14H,6-7,12-13H2,1-3H3. The Bertz CT molecular complexity index is 905. The van der Waals surface area contributed by atoms with Gasteiger partial charge in [-0.15, -0.1) is 0 Å². The van der Waals surface area contributed by atoms with Crippen molar-refractivity contribution in [3.8, 4) is 11.5 Å². The largest absolute Gasteiger partial charge is 0.493 e. The van der Waals surface area contributed by atoms with E-state index in [1.807, 2.05) is 0 Å². The molecule has 9 heteroatoms. The first-order valence-electron chi connectivity index (χ1n) is 9.53. The molecule has 0 spiro atoms. The van der Waals surface area contributed by atoms with Gasteiger partial charge in [-0.1, -0.05) is 6.07 Å². The first-order chi connectivity index (χ1) is 14.3. The minimum absolute atomic E-state index is 0.136. The van der Waals surface area contributed by atoms with Crippen molar-refractivity contribution >= 4 is 11.7 Å². The van der Waals surface area contributed by atoms with Crippen LogP contribution in [-0.4, -0.2) is 56.2 Å². The number of aromatic nitrogens is 1. The Hall–Kier alpha value is -2.97. The minimum Gasteiger partial charge on any atom is -0.493 e. The number of nitrogens with zero attached hydrogens (tertiary/aromatic N) is 3. The molecule has 0 radical (unpaired) electrons. The number of benzene rings is 1. The van der Waals surface area contributed by atoms with Gasteiger partial charge in [-0.25, -0.2) is 4.98 Å². The van der Waals surface area contributed by atoms with Crippen LogP contribution in [0.3, 0.4) is 0 Å². The van der Waals surface area contributed by atoms with E-state index in [9.17, 15) is 18.0 Å². The lowest BCUT2D eigenvalue weighted by molar-refractivity contribution is -0.137.